The standard InChI is InChI=1S/C21H25N3O6S/c1-2-30-21(25)15-19-17(14-16-8-4-3-5-9-16)22-12-13-23(19)31(28,29)20-11-7-6-10-18(20)24(26)27/h3-11,17,19,22H,2,12-15H2,1H3/t17-,19+/m1/s1. The van der Waals surface area contributed by atoms with Crippen molar-refractivity contribution < 1.29 is 22.9 Å². The summed E-state index contributed by atoms with van der Waals surface area (Å²) >= 11 is 0. The van der Waals surface area contributed by atoms with Gasteiger partial charge in [0, 0.05) is 25.2 Å². The highest BCUT2D eigenvalue weighted by Crippen LogP contribution is 2.30. The topological polar surface area (TPSA) is 119 Å². The minimum absolute atomic E-state index is 0.0870. The summed E-state index contributed by atoms with van der Waals surface area (Å²) in [4.78, 5) is 22.7. The van der Waals surface area contributed by atoms with Crippen LogP contribution in [0.5, 0.6) is 0 Å². The third-order valence-electron chi connectivity index (χ3n) is 5.20. The second-order valence-corrected chi connectivity index (χ2v) is 9.03. The van der Waals surface area contributed by atoms with E-state index in [4.69, 9.17) is 4.74 Å². The highest BCUT2D eigenvalue weighted by atomic mass is 32.2. The van der Waals surface area contributed by atoms with Gasteiger partial charge in [0.25, 0.3) is 5.69 Å². The summed E-state index contributed by atoms with van der Waals surface area (Å²) in [5.74, 6) is -0.517. The molecule has 3 rings (SSSR count). The fraction of sp³-hybridized carbons (Fsp3) is 0.381. The Morgan fingerprint density at radius 2 is 1.87 bits per heavy atom. The van der Waals surface area contributed by atoms with E-state index in [1.165, 1.54) is 22.5 Å². The molecule has 2 aromatic carbocycles. The molecule has 31 heavy (non-hydrogen) atoms. The number of para-hydroxylation sites is 1. The molecule has 1 aliphatic heterocycles. The average molecular weight is 448 g/mol. The summed E-state index contributed by atoms with van der Waals surface area (Å²) in [5.41, 5.74) is 0.495. The number of piperazine rings is 1. The largest absolute Gasteiger partial charge is 0.466 e. The van der Waals surface area contributed by atoms with Crippen LogP contribution in [0.1, 0.15) is 18.9 Å². The van der Waals surface area contributed by atoms with Crippen molar-refractivity contribution in [1.29, 1.82) is 0 Å². The van der Waals surface area contributed by atoms with Gasteiger partial charge in [-0.25, -0.2) is 8.42 Å². The van der Waals surface area contributed by atoms with Gasteiger partial charge in [-0.3, -0.25) is 14.9 Å². The van der Waals surface area contributed by atoms with Crippen LogP contribution in [0.3, 0.4) is 0 Å². The lowest BCUT2D eigenvalue weighted by Crippen LogP contribution is -2.60. The van der Waals surface area contributed by atoms with Crippen molar-refractivity contribution in [1.82, 2.24) is 9.62 Å². The molecule has 2 aromatic rings. The van der Waals surface area contributed by atoms with Gasteiger partial charge < -0.3 is 10.1 Å². The van der Waals surface area contributed by atoms with Gasteiger partial charge in [-0.05, 0) is 25.0 Å². The zero-order chi connectivity index (χ0) is 22.4. The van der Waals surface area contributed by atoms with Crippen LogP contribution < -0.4 is 5.32 Å². The first kappa shape index (κ1) is 22.9. The van der Waals surface area contributed by atoms with E-state index in [9.17, 15) is 23.3 Å². The molecule has 0 aliphatic carbocycles. The summed E-state index contributed by atoms with van der Waals surface area (Å²) < 4.78 is 33.3. The Hall–Kier alpha value is -2.82. The molecular weight excluding hydrogens is 422 g/mol. The molecule has 0 aromatic heterocycles. The zero-order valence-electron chi connectivity index (χ0n) is 17.1. The summed E-state index contributed by atoms with van der Waals surface area (Å²) in [7, 11) is -4.23. The Bertz CT molecular complexity index is 1030. The molecule has 166 valence electrons. The van der Waals surface area contributed by atoms with Crippen LogP contribution in [-0.2, 0) is 26.0 Å². The number of nitro benzene ring substituents is 1. The van der Waals surface area contributed by atoms with Crippen LogP contribution in [0.25, 0.3) is 0 Å². The predicted octanol–water partition coefficient (Wildman–Crippen LogP) is 2.12. The summed E-state index contributed by atoms with van der Waals surface area (Å²) in [6.45, 7) is 2.31. The van der Waals surface area contributed by atoms with Gasteiger partial charge in [0.15, 0.2) is 4.90 Å². The molecule has 1 aliphatic rings. The van der Waals surface area contributed by atoms with E-state index in [1.54, 1.807) is 6.92 Å². The number of carbonyl (C=O) groups excluding carboxylic acids is 1. The number of ether oxygens (including phenoxy) is 1. The second-order valence-electron chi connectivity index (χ2n) is 7.17. The molecule has 0 amide bonds. The Labute approximate surface area is 181 Å². The second kappa shape index (κ2) is 9.99. The average Bonchev–Trinajstić information content (AvgIpc) is 2.75. The number of rotatable bonds is 8. The Kier molecular flexibility index (Phi) is 7.37. The van der Waals surface area contributed by atoms with Crippen molar-refractivity contribution in [2.75, 3.05) is 19.7 Å². The lowest BCUT2D eigenvalue weighted by Gasteiger charge is -2.40. The van der Waals surface area contributed by atoms with Crippen LogP contribution in [0.2, 0.25) is 0 Å². The number of carbonyl (C=O) groups is 1. The minimum atomic E-state index is -4.23. The number of hydrogen-bond donors (Lipinski definition) is 1. The maximum atomic E-state index is 13.5. The van der Waals surface area contributed by atoms with Crippen molar-refractivity contribution in [2.24, 2.45) is 0 Å². The van der Waals surface area contributed by atoms with Gasteiger partial charge >= 0.3 is 5.97 Å². The molecular formula is C21H25N3O6S. The molecule has 0 saturated carbocycles. The predicted molar refractivity (Wildman–Crippen MR) is 114 cm³/mol. The van der Waals surface area contributed by atoms with E-state index >= 15 is 0 Å². The van der Waals surface area contributed by atoms with Crippen LogP contribution >= 0.6 is 0 Å². The molecule has 0 spiro atoms. The molecule has 10 heteroatoms. The van der Waals surface area contributed by atoms with Crippen molar-refractivity contribution in [3.8, 4) is 0 Å². The van der Waals surface area contributed by atoms with Crippen molar-refractivity contribution in [3.05, 3.63) is 70.3 Å². The van der Waals surface area contributed by atoms with Crippen LogP contribution in [-0.4, -0.2) is 55.4 Å². The first-order valence-electron chi connectivity index (χ1n) is 10.0. The lowest BCUT2D eigenvalue weighted by atomic mass is 9.95. The smallest absolute Gasteiger partial charge is 0.307 e. The SMILES string of the molecule is CCOC(=O)C[C@H]1[C@@H](Cc2ccccc2)NCCN1S(=O)(=O)c1ccccc1[N+](=O)[O-]. The third kappa shape index (κ3) is 5.27. The van der Waals surface area contributed by atoms with Crippen molar-refractivity contribution in [3.63, 3.8) is 0 Å². The van der Waals surface area contributed by atoms with Gasteiger partial charge in [0.05, 0.1) is 24.0 Å². The molecule has 0 radical (unpaired) electrons. The molecule has 1 heterocycles. The summed E-state index contributed by atoms with van der Waals surface area (Å²) in [6, 6.07) is 13.7. The van der Waals surface area contributed by atoms with Gasteiger partial charge in [0.2, 0.25) is 10.0 Å². The lowest BCUT2D eigenvalue weighted by molar-refractivity contribution is -0.387. The van der Waals surface area contributed by atoms with Crippen LogP contribution in [0, 0.1) is 10.1 Å². The van der Waals surface area contributed by atoms with Crippen molar-refractivity contribution >= 4 is 21.7 Å². The molecule has 0 unspecified atom stereocenters. The van der Waals surface area contributed by atoms with Crippen LogP contribution in [0.15, 0.2) is 59.5 Å². The Morgan fingerprint density at radius 3 is 2.55 bits per heavy atom. The highest BCUT2D eigenvalue weighted by Gasteiger charge is 2.42. The number of sulfonamides is 1. The molecule has 0 bridgehead atoms. The molecule has 1 fully saturated rings. The van der Waals surface area contributed by atoms with E-state index in [1.807, 2.05) is 30.3 Å². The Morgan fingerprint density at radius 1 is 1.19 bits per heavy atom. The first-order chi connectivity index (χ1) is 14.8. The number of nitro groups is 1. The maximum Gasteiger partial charge on any atom is 0.307 e. The maximum absolute atomic E-state index is 13.5. The number of benzene rings is 2. The highest BCUT2D eigenvalue weighted by molar-refractivity contribution is 7.89. The summed E-state index contributed by atoms with van der Waals surface area (Å²) in [6.07, 6.45) is 0.339. The van der Waals surface area contributed by atoms with E-state index in [0.717, 1.165) is 11.6 Å². The van der Waals surface area contributed by atoms with Gasteiger partial charge in [0.1, 0.15) is 0 Å². The van der Waals surface area contributed by atoms with E-state index in [2.05, 4.69) is 5.32 Å². The van der Waals surface area contributed by atoms with Crippen molar-refractivity contribution in [2.45, 2.75) is 36.7 Å². The van der Waals surface area contributed by atoms with E-state index in [0.29, 0.717) is 13.0 Å². The van der Waals surface area contributed by atoms with Gasteiger partial charge in [-0.1, -0.05) is 42.5 Å². The third-order valence-corrected chi connectivity index (χ3v) is 7.17. The molecule has 1 saturated heterocycles. The number of esters is 1. The van der Waals surface area contributed by atoms with E-state index < -0.39 is 32.6 Å². The minimum Gasteiger partial charge on any atom is -0.466 e. The molecule has 9 nitrogen and oxygen atoms in total. The van der Waals surface area contributed by atoms with E-state index in [-0.39, 0.29) is 30.5 Å². The number of hydrogen-bond acceptors (Lipinski definition) is 7. The fourth-order valence-corrected chi connectivity index (χ4v) is 5.64. The zero-order valence-corrected chi connectivity index (χ0v) is 18.0. The number of nitrogens with zero attached hydrogens (tertiary/aromatic N) is 2. The van der Waals surface area contributed by atoms with Gasteiger partial charge in [-0.15, -0.1) is 0 Å². The number of nitrogens with one attached hydrogen (secondary N) is 1. The summed E-state index contributed by atoms with van der Waals surface area (Å²) in [5, 5.41) is 14.7. The normalized spacial score (nSPS) is 19.6. The van der Waals surface area contributed by atoms with Crippen LogP contribution in [0.4, 0.5) is 5.69 Å². The molecule has 2 atom stereocenters. The fourth-order valence-electron chi connectivity index (χ4n) is 3.82. The molecule has 1 N–H and O–H groups in total. The van der Waals surface area contributed by atoms with Gasteiger partial charge in [-0.2, -0.15) is 4.31 Å². The Balaban J connectivity index is 1.99. The first-order valence-corrected chi connectivity index (χ1v) is 11.5. The quantitative estimate of drug-likeness (QED) is 0.374. The monoisotopic (exact) mass is 447 g/mol.